The smallest absolute Gasteiger partial charge is 0.406 e. The van der Waals surface area contributed by atoms with Crippen molar-refractivity contribution < 1.29 is 28.1 Å². The lowest BCUT2D eigenvalue weighted by Crippen LogP contribution is -2.33. The molecule has 7 heteroatoms. The lowest BCUT2D eigenvalue weighted by Gasteiger charge is -2.25. The first kappa shape index (κ1) is 15.6. The quantitative estimate of drug-likeness (QED) is 0.745. The number of hydrogen-bond donors (Lipinski definition) is 3. The minimum Gasteiger partial charge on any atom is -0.406 e. The molecule has 0 unspecified atom stereocenters. The molecule has 0 amide bonds. The molecular weight excluding hydrogens is 263 g/mol. The largest absolute Gasteiger partial charge is 0.573 e. The summed E-state index contributed by atoms with van der Waals surface area (Å²) in [6.45, 7) is 1.57. The molecule has 0 aliphatic heterocycles. The Morgan fingerprint density at radius 3 is 2.05 bits per heavy atom. The molecule has 0 spiro atoms. The van der Waals surface area contributed by atoms with E-state index >= 15 is 0 Å². The average Bonchev–Trinajstić information content (AvgIpc) is 2.36. The van der Waals surface area contributed by atoms with Crippen LogP contribution in [0.3, 0.4) is 0 Å². The van der Waals surface area contributed by atoms with E-state index in [0.717, 1.165) is 0 Å². The van der Waals surface area contributed by atoms with Gasteiger partial charge in [-0.2, -0.15) is 0 Å². The summed E-state index contributed by atoms with van der Waals surface area (Å²) in [4.78, 5) is 0. The van der Waals surface area contributed by atoms with Crippen molar-refractivity contribution in [1.82, 2.24) is 0 Å². The number of aliphatic hydroxyl groups is 2. The standard InChI is InChI=1S/C12H16F3NO3/c1-11(7-17,8-18)6-16-9-2-4-10(5-3-9)19-12(13,14)15/h2-5,16-18H,6-8H2,1H3. The molecule has 0 radical (unpaired) electrons. The van der Waals surface area contributed by atoms with Crippen molar-refractivity contribution >= 4 is 5.69 Å². The molecule has 0 aliphatic rings. The fourth-order valence-electron chi connectivity index (χ4n) is 1.25. The summed E-state index contributed by atoms with van der Waals surface area (Å²) in [6, 6.07) is 5.22. The average molecular weight is 279 g/mol. The zero-order chi connectivity index (χ0) is 14.5. The molecule has 1 rings (SSSR count). The second-order valence-electron chi connectivity index (χ2n) is 4.55. The first-order valence-electron chi connectivity index (χ1n) is 5.59. The van der Waals surface area contributed by atoms with E-state index in [4.69, 9.17) is 10.2 Å². The van der Waals surface area contributed by atoms with Gasteiger partial charge in [0, 0.05) is 17.6 Å². The van der Waals surface area contributed by atoms with E-state index in [2.05, 4.69) is 10.1 Å². The summed E-state index contributed by atoms with van der Waals surface area (Å²) in [5.41, 5.74) is -0.121. The fraction of sp³-hybridized carbons (Fsp3) is 0.500. The third-order valence-electron chi connectivity index (χ3n) is 2.57. The second kappa shape index (κ2) is 6.12. The van der Waals surface area contributed by atoms with Crippen LogP contribution in [0.1, 0.15) is 6.92 Å². The molecule has 0 heterocycles. The van der Waals surface area contributed by atoms with Gasteiger partial charge in [-0.25, -0.2) is 0 Å². The van der Waals surface area contributed by atoms with Crippen molar-refractivity contribution in [2.24, 2.45) is 5.41 Å². The van der Waals surface area contributed by atoms with E-state index in [1.807, 2.05) is 0 Å². The molecule has 1 aromatic rings. The number of aliphatic hydroxyl groups excluding tert-OH is 2. The van der Waals surface area contributed by atoms with E-state index in [1.165, 1.54) is 24.3 Å². The summed E-state index contributed by atoms with van der Waals surface area (Å²) in [5, 5.41) is 21.1. The predicted octanol–water partition coefficient (Wildman–Crippen LogP) is 1.99. The van der Waals surface area contributed by atoms with Crippen LogP contribution in [0.15, 0.2) is 24.3 Å². The summed E-state index contributed by atoms with van der Waals surface area (Å²) >= 11 is 0. The predicted molar refractivity (Wildman–Crippen MR) is 63.9 cm³/mol. The van der Waals surface area contributed by atoms with E-state index < -0.39 is 11.8 Å². The van der Waals surface area contributed by atoms with Crippen LogP contribution in [0, 0.1) is 5.41 Å². The van der Waals surface area contributed by atoms with Crippen LogP contribution in [0.5, 0.6) is 5.75 Å². The van der Waals surface area contributed by atoms with Crippen LogP contribution in [-0.4, -0.2) is 36.3 Å². The van der Waals surface area contributed by atoms with Crippen molar-refractivity contribution in [3.05, 3.63) is 24.3 Å². The number of halogens is 3. The van der Waals surface area contributed by atoms with Gasteiger partial charge >= 0.3 is 6.36 Å². The zero-order valence-corrected chi connectivity index (χ0v) is 10.4. The van der Waals surface area contributed by atoms with Gasteiger partial charge < -0.3 is 20.3 Å². The lowest BCUT2D eigenvalue weighted by molar-refractivity contribution is -0.274. The number of rotatable bonds is 6. The Balaban J connectivity index is 2.58. The van der Waals surface area contributed by atoms with Gasteiger partial charge in [-0.1, -0.05) is 6.92 Å². The van der Waals surface area contributed by atoms with Crippen molar-refractivity contribution in [2.75, 3.05) is 25.1 Å². The van der Waals surface area contributed by atoms with Crippen LogP contribution >= 0.6 is 0 Å². The lowest BCUT2D eigenvalue weighted by atomic mass is 9.93. The van der Waals surface area contributed by atoms with Gasteiger partial charge in [0.25, 0.3) is 0 Å². The molecule has 108 valence electrons. The number of hydrogen-bond acceptors (Lipinski definition) is 4. The first-order chi connectivity index (χ1) is 8.78. The highest BCUT2D eigenvalue weighted by atomic mass is 19.4. The van der Waals surface area contributed by atoms with Crippen molar-refractivity contribution in [3.63, 3.8) is 0 Å². The van der Waals surface area contributed by atoms with E-state index in [1.54, 1.807) is 6.92 Å². The summed E-state index contributed by atoms with van der Waals surface area (Å²) in [5.74, 6) is -0.301. The maximum absolute atomic E-state index is 11.9. The van der Waals surface area contributed by atoms with Crippen molar-refractivity contribution in [2.45, 2.75) is 13.3 Å². The topological polar surface area (TPSA) is 61.7 Å². The SMILES string of the molecule is CC(CO)(CO)CNc1ccc(OC(F)(F)F)cc1. The maximum Gasteiger partial charge on any atom is 0.573 e. The maximum atomic E-state index is 11.9. The summed E-state index contributed by atoms with van der Waals surface area (Å²) in [6.07, 6.45) is -4.71. The Kier molecular flexibility index (Phi) is 5.02. The van der Waals surface area contributed by atoms with Crippen LogP contribution in [0.25, 0.3) is 0 Å². The first-order valence-corrected chi connectivity index (χ1v) is 5.59. The molecule has 0 fully saturated rings. The third kappa shape index (κ3) is 5.35. The normalized spacial score (nSPS) is 12.3. The number of anilines is 1. The Bertz CT molecular complexity index is 388. The highest BCUT2D eigenvalue weighted by Crippen LogP contribution is 2.24. The molecule has 0 bridgehead atoms. The number of alkyl halides is 3. The molecule has 1 aromatic carbocycles. The second-order valence-corrected chi connectivity index (χ2v) is 4.55. The fourth-order valence-corrected chi connectivity index (χ4v) is 1.25. The van der Waals surface area contributed by atoms with E-state index in [-0.39, 0.29) is 19.0 Å². The van der Waals surface area contributed by atoms with E-state index in [0.29, 0.717) is 12.2 Å². The van der Waals surface area contributed by atoms with Gasteiger partial charge in [0.15, 0.2) is 0 Å². The minimum absolute atomic E-state index is 0.203. The highest BCUT2D eigenvalue weighted by Gasteiger charge is 2.31. The molecule has 0 aromatic heterocycles. The van der Waals surface area contributed by atoms with Gasteiger partial charge in [-0.3, -0.25) is 0 Å². The monoisotopic (exact) mass is 279 g/mol. The molecule has 19 heavy (non-hydrogen) atoms. The van der Waals surface area contributed by atoms with Gasteiger partial charge in [0.05, 0.1) is 13.2 Å². The molecule has 4 nitrogen and oxygen atoms in total. The Morgan fingerprint density at radius 2 is 1.63 bits per heavy atom. The van der Waals surface area contributed by atoms with Crippen LogP contribution < -0.4 is 10.1 Å². The molecule has 0 saturated carbocycles. The highest BCUT2D eigenvalue weighted by molar-refractivity contribution is 5.46. The van der Waals surface area contributed by atoms with Crippen LogP contribution in [0.4, 0.5) is 18.9 Å². The summed E-state index contributed by atoms with van der Waals surface area (Å²) in [7, 11) is 0. The molecule has 3 N–H and O–H groups in total. The van der Waals surface area contributed by atoms with Gasteiger partial charge in [0.1, 0.15) is 5.75 Å². The number of benzene rings is 1. The number of nitrogens with one attached hydrogen (secondary N) is 1. The Hall–Kier alpha value is -1.47. The van der Waals surface area contributed by atoms with Crippen molar-refractivity contribution in [3.8, 4) is 5.75 Å². The minimum atomic E-state index is -4.71. The summed E-state index contributed by atoms with van der Waals surface area (Å²) < 4.78 is 39.6. The zero-order valence-electron chi connectivity index (χ0n) is 10.4. The Labute approximate surface area is 108 Å². The Morgan fingerprint density at radius 1 is 1.11 bits per heavy atom. The van der Waals surface area contributed by atoms with E-state index in [9.17, 15) is 13.2 Å². The molecular formula is C12H16F3NO3. The van der Waals surface area contributed by atoms with Crippen LogP contribution in [0.2, 0.25) is 0 Å². The van der Waals surface area contributed by atoms with Crippen LogP contribution in [-0.2, 0) is 0 Å². The number of ether oxygens (including phenoxy) is 1. The van der Waals surface area contributed by atoms with Gasteiger partial charge in [-0.15, -0.1) is 13.2 Å². The van der Waals surface area contributed by atoms with Crippen molar-refractivity contribution in [1.29, 1.82) is 0 Å². The molecule has 0 aliphatic carbocycles. The van der Waals surface area contributed by atoms with Gasteiger partial charge in [0.2, 0.25) is 0 Å². The van der Waals surface area contributed by atoms with Gasteiger partial charge in [-0.05, 0) is 24.3 Å². The third-order valence-corrected chi connectivity index (χ3v) is 2.57. The molecule has 0 atom stereocenters. The molecule has 0 saturated heterocycles.